The zero-order valence-electron chi connectivity index (χ0n) is 9.28. The van der Waals surface area contributed by atoms with E-state index >= 15 is 0 Å². The van der Waals surface area contributed by atoms with E-state index in [0.717, 1.165) is 23.4 Å². The van der Waals surface area contributed by atoms with E-state index in [1.165, 1.54) is 6.33 Å². The van der Waals surface area contributed by atoms with Gasteiger partial charge in [0.25, 0.3) is 0 Å². The highest BCUT2D eigenvalue weighted by Gasteiger charge is 2.29. The minimum Gasteiger partial charge on any atom is -0.387 e. The average molecular weight is 194 g/mol. The number of aliphatic hydroxyl groups excluding tert-OH is 1. The van der Waals surface area contributed by atoms with Crippen molar-refractivity contribution < 1.29 is 5.11 Å². The van der Waals surface area contributed by atoms with Gasteiger partial charge < -0.3 is 5.11 Å². The Labute approximate surface area is 85.2 Å². The zero-order chi connectivity index (χ0) is 10.7. The molecule has 0 radical (unpaired) electrons. The molecule has 1 aliphatic carbocycles. The standard InChI is InChI=1S/C9H12N2O.C2H6/c1-5-3-7(12)9-8(5)6(2)10-4-11-9;1-2/h4-5,7,12H,3H2,1-2H3;1-2H3/t5-,7+;/m1./s1. The maximum Gasteiger partial charge on any atom is 0.116 e. The molecule has 14 heavy (non-hydrogen) atoms. The normalized spacial score (nSPS) is 23.8. The Morgan fingerprint density at radius 2 is 2.00 bits per heavy atom. The first-order valence-corrected chi connectivity index (χ1v) is 5.19. The van der Waals surface area contributed by atoms with Crippen molar-refractivity contribution in [3.8, 4) is 0 Å². The van der Waals surface area contributed by atoms with Crippen LogP contribution in [-0.4, -0.2) is 15.1 Å². The summed E-state index contributed by atoms with van der Waals surface area (Å²) in [6.45, 7) is 8.07. The molecule has 0 saturated heterocycles. The van der Waals surface area contributed by atoms with Crippen LogP contribution in [0.5, 0.6) is 0 Å². The lowest BCUT2D eigenvalue weighted by molar-refractivity contribution is 0.170. The summed E-state index contributed by atoms with van der Waals surface area (Å²) in [6.07, 6.45) is 1.93. The number of aliphatic hydroxyl groups is 1. The van der Waals surface area contributed by atoms with Crippen LogP contribution in [0.4, 0.5) is 0 Å². The molecule has 3 nitrogen and oxygen atoms in total. The predicted molar refractivity (Wildman–Crippen MR) is 56.1 cm³/mol. The Kier molecular flexibility index (Phi) is 3.58. The molecule has 0 unspecified atom stereocenters. The van der Waals surface area contributed by atoms with E-state index in [-0.39, 0.29) is 6.10 Å². The van der Waals surface area contributed by atoms with Gasteiger partial charge in [0.05, 0.1) is 11.8 Å². The summed E-state index contributed by atoms with van der Waals surface area (Å²) >= 11 is 0. The van der Waals surface area contributed by atoms with Crippen LogP contribution in [0.25, 0.3) is 0 Å². The van der Waals surface area contributed by atoms with E-state index in [1.54, 1.807) is 0 Å². The van der Waals surface area contributed by atoms with Gasteiger partial charge in [-0.1, -0.05) is 20.8 Å². The van der Waals surface area contributed by atoms with Crippen molar-refractivity contribution in [2.75, 3.05) is 0 Å². The molecule has 0 amide bonds. The minimum absolute atomic E-state index is 0.378. The first-order chi connectivity index (χ1) is 6.70. The topological polar surface area (TPSA) is 46.0 Å². The maximum atomic E-state index is 9.59. The molecular formula is C11H18N2O. The van der Waals surface area contributed by atoms with Crippen molar-refractivity contribution in [3.05, 3.63) is 23.3 Å². The van der Waals surface area contributed by atoms with Gasteiger partial charge in [0, 0.05) is 11.3 Å². The molecule has 0 saturated carbocycles. The van der Waals surface area contributed by atoms with Gasteiger partial charge >= 0.3 is 0 Å². The third kappa shape index (κ3) is 1.77. The summed E-state index contributed by atoms with van der Waals surface area (Å²) in [4.78, 5) is 8.20. The van der Waals surface area contributed by atoms with Crippen LogP contribution in [0, 0.1) is 6.92 Å². The maximum absolute atomic E-state index is 9.59. The molecule has 1 aromatic heterocycles. The molecular weight excluding hydrogens is 176 g/mol. The van der Waals surface area contributed by atoms with Gasteiger partial charge in [-0.3, -0.25) is 0 Å². The van der Waals surface area contributed by atoms with Gasteiger partial charge in [-0.05, 0) is 19.3 Å². The van der Waals surface area contributed by atoms with E-state index in [1.807, 2.05) is 20.8 Å². The number of aryl methyl sites for hydroxylation is 1. The Morgan fingerprint density at radius 1 is 1.36 bits per heavy atom. The van der Waals surface area contributed by atoms with Gasteiger partial charge in [0.15, 0.2) is 0 Å². The molecule has 0 aromatic carbocycles. The van der Waals surface area contributed by atoms with Crippen molar-refractivity contribution in [3.63, 3.8) is 0 Å². The second-order valence-corrected chi connectivity index (χ2v) is 3.41. The average Bonchev–Trinajstić information content (AvgIpc) is 2.47. The molecule has 1 N–H and O–H groups in total. The number of rotatable bonds is 0. The minimum atomic E-state index is -0.378. The Hall–Kier alpha value is -0.960. The van der Waals surface area contributed by atoms with Gasteiger partial charge in [0.1, 0.15) is 6.33 Å². The number of hydrogen-bond donors (Lipinski definition) is 1. The molecule has 3 heteroatoms. The summed E-state index contributed by atoms with van der Waals surface area (Å²) in [7, 11) is 0. The Bertz CT molecular complexity index is 312. The summed E-state index contributed by atoms with van der Waals surface area (Å²) in [5.74, 6) is 0.399. The molecule has 0 aliphatic heterocycles. The van der Waals surface area contributed by atoms with E-state index in [2.05, 4.69) is 16.9 Å². The van der Waals surface area contributed by atoms with Crippen LogP contribution in [0.1, 0.15) is 56.2 Å². The highest BCUT2D eigenvalue weighted by Crippen LogP contribution is 2.39. The Balaban J connectivity index is 0.000000461. The van der Waals surface area contributed by atoms with Crippen LogP contribution < -0.4 is 0 Å². The van der Waals surface area contributed by atoms with Gasteiger partial charge in [-0.25, -0.2) is 9.97 Å². The number of aromatic nitrogens is 2. The summed E-state index contributed by atoms with van der Waals surface area (Å²) < 4.78 is 0. The van der Waals surface area contributed by atoms with E-state index in [4.69, 9.17) is 0 Å². The molecule has 0 bridgehead atoms. The molecule has 1 heterocycles. The molecule has 78 valence electrons. The highest BCUT2D eigenvalue weighted by molar-refractivity contribution is 5.33. The van der Waals surface area contributed by atoms with Crippen molar-refractivity contribution in [1.82, 2.24) is 9.97 Å². The lowest BCUT2D eigenvalue weighted by Gasteiger charge is -2.04. The van der Waals surface area contributed by atoms with Crippen LogP contribution in [0.15, 0.2) is 6.33 Å². The first kappa shape index (κ1) is 11.1. The van der Waals surface area contributed by atoms with E-state index in [0.29, 0.717) is 5.92 Å². The van der Waals surface area contributed by atoms with Crippen LogP contribution in [0.3, 0.4) is 0 Å². The third-order valence-electron chi connectivity index (χ3n) is 2.50. The second-order valence-electron chi connectivity index (χ2n) is 3.41. The number of hydrogen-bond acceptors (Lipinski definition) is 3. The van der Waals surface area contributed by atoms with Crippen LogP contribution in [-0.2, 0) is 0 Å². The molecule has 2 rings (SSSR count). The van der Waals surface area contributed by atoms with Crippen molar-refractivity contribution in [2.45, 2.75) is 46.1 Å². The van der Waals surface area contributed by atoms with Crippen molar-refractivity contribution in [2.24, 2.45) is 0 Å². The fraction of sp³-hybridized carbons (Fsp3) is 0.636. The quantitative estimate of drug-likeness (QED) is 0.689. The van der Waals surface area contributed by atoms with Gasteiger partial charge in [-0.15, -0.1) is 0 Å². The SMILES string of the molecule is CC.Cc1ncnc2c1[C@H](C)C[C@@H]2O. The fourth-order valence-corrected chi connectivity index (χ4v) is 1.94. The zero-order valence-corrected chi connectivity index (χ0v) is 9.28. The highest BCUT2D eigenvalue weighted by atomic mass is 16.3. The lowest BCUT2D eigenvalue weighted by atomic mass is 10.0. The van der Waals surface area contributed by atoms with Crippen molar-refractivity contribution >= 4 is 0 Å². The summed E-state index contributed by atoms with van der Waals surface area (Å²) in [5.41, 5.74) is 2.98. The van der Waals surface area contributed by atoms with Crippen molar-refractivity contribution in [1.29, 1.82) is 0 Å². The van der Waals surface area contributed by atoms with Crippen LogP contribution in [0.2, 0.25) is 0 Å². The molecule has 0 fully saturated rings. The number of nitrogens with zero attached hydrogens (tertiary/aromatic N) is 2. The first-order valence-electron chi connectivity index (χ1n) is 5.19. The molecule has 1 aliphatic rings. The van der Waals surface area contributed by atoms with E-state index < -0.39 is 0 Å². The fourth-order valence-electron chi connectivity index (χ4n) is 1.94. The van der Waals surface area contributed by atoms with Crippen LogP contribution >= 0.6 is 0 Å². The lowest BCUT2D eigenvalue weighted by Crippen LogP contribution is -1.98. The molecule has 0 spiro atoms. The molecule has 2 atom stereocenters. The largest absolute Gasteiger partial charge is 0.387 e. The van der Waals surface area contributed by atoms with E-state index in [9.17, 15) is 5.11 Å². The summed E-state index contributed by atoms with van der Waals surface area (Å²) in [6, 6.07) is 0. The summed E-state index contributed by atoms with van der Waals surface area (Å²) in [5, 5.41) is 9.59. The third-order valence-corrected chi connectivity index (χ3v) is 2.50. The second kappa shape index (κ2) is 4.51. The molecule has 1 aromatic rings. The van der Waals surface area contributed by atoms with Gasteiger partial charge in [-0.2, -0.15) is 0 Å². The number of fused-ring (bicyclic) bond motifs is 1. The smallest absolute Gasteiger partial charge is 0.116 e. The Morgan fingerprint density at radius 3 is 2.57 bits per heavy atom. The van der Waals surface area contributed by atoms with Gasteiger partial charge in [0.2, 0.25) is 0 Å². The monoisotopic (exact) mass is 194 g/mol. The predicted octanol–water partition coefficient (Wildman–Crippen LogP) is 2.35.